The van der Waals surface area contributed by atoms with E-state index in [0.717, 1.165) is 0 Å². The predicted octanol–water partition coefficient (Wildman–Crippen LogP) is -0.703. The van der Waals surface area contributed by atoms with Crippen LogP contribution in [0.1, 0.15) is 12.8 Å². The Kier molecular flexibility index (Phi) is 3.42. The lowest BCUT2D eigenvalue weighted by molar-refractivity contribution is -0.147. The molecule has 3 N–H and O–H groups in total. The van der Waals surface area contributed by atoms with E-state index in [9.17, 15) is 9.59 Å². The highest BCUT2D eigenvalue weighted by atomic mass is 16.5. The van der Waals surface area contributed by atoms with Gasteiger partial charge in [-0.15, -0.1) is 0 Å². The van der Waals surface area contributed by atoms with Gasteiger partial charge in [0.1, 0.15) is 0 Å². The van der Waals surface area contributed by atoms with Crippen molar-refractivity contribution >= 4 is 11.9 Å². The van der Waals surface area contributed by atoms with Crippen LogP contribution in [0.2, 0.25) is 0 Å². The van der Waals surface area contributed by atoms with E-state index in [1.807, 2.05) is 0 Å². The highest BCUT2D eigenvalue weighted by Crippen LogP contribution is 1.95. The van der Waals surface area contributed by atoms with Gasteiger partial charge in [-0.2, -0.15) is 0 Å². The molecule has 0 amide bonds. The molecule has 1 atom stereocenters. The molecule has 0 unspecified atom stereocenters. The minimum atomic E-state index is -1.56. The number of rotatable bonds is 4. The van der Waals surface area contributed by atoms with Gasteiger partial charge in [-0.1, -0.05) is 0 Å². The van der Waals surface area contributed by atoms with Gasteiger partial charge in [-0.25, -0.2) is 4.79 Å². The van der Waals surface area contributed by atoms with Crippen LogP contribution in [0.3, 0.4) is 0 Å². The van der Waals surface area contributed by atoms with Gasteiger partial charge in [0.15, 0.2) is 6.10 Å². The van der Waals surface area contributed by atoms with Gasteiger partial charge in [-0.05, 0) is 6.42 Å². The largest absolute Gasteiger partial charge is 0.481 e. The molecular formula is C5H8O5. The summed E-state index contributed by atoms with van der Waals surface area (Å²) in [5.41, 5.74) is 0. The van der Waals surface area contributed by atoms with Crippen LogP contribution in [0.15, 0.2) is 0 Å². The molecule has 0 rings (SSSR count). The lowest BCUT2D eigenvalue weighted by Gasteiger charge is -2.00. The first-order chi connectivity index (χ1) is 4.54. The second kappa shape index (κ2) is 3.84. The lowest BCUT2D eigenvalue weighted by Crippen LogP contribution is -2.20. The average Bonchev–Trinajstić information content (AvgIpc) is 1.82. The smallest absolute Gasteiger partial charge is 0.332 e. The molecule has 0 radical (unpaired) electrons. The third-order valence-electron chi connectivity index (χ3n) is 0.917. The normalized spacial score (nSPS) is 12.5. The van der Waals surface area contributed by atoms with Crippen molar-refractivity contribution in [2.24, 2.45) is 0 Å². The Hall–Kier alpha value is -1.10. The minimum absolute atomic E-state index is 0.245. The molecule has 0 spiro atoms. The fraction of sp³-hybridized carbons (Fsp3) is 0.600. The van der Waals surface area contributed by atoms with E-state index in [1.54, 1.807) is 0 Å². The molecule has 10 heavy (non-hydrogen) atoms. The maximum atomic E-state index is 9.87. The van der Waals surface area contributed by atoms with Crippen molar-refractivity contribution in [1.29, 1.82) is 0 Å². The molecule has 0 heterocycles. The van der Waals surface area contributed by atoms with E-state index in [2.05, 4.69) is 0 Å². The molecule has 0 aromatic carbocycles. The highest BCUT2D eigenvalue weighted by Gasteiger charge is 2.13. The standard InChI is InChI=1S/C5H8O5/c6-3(5(9)10)1-2-4(7)8/h3,6H,1-2H2,(H,7,8)(H,9,10)/t3-/m0/s1/i1+1,2+1,3+1,4+1,5+1. The van der Waals surface area contributed by atoms with Crippen LogP contribution in [0.5, 0.6) is 0 Å². The molecule has 0 aromatic heterocycles. The monoisotopic (exact) mass is 153 g/mol. The van der Waals surface area contributed by atoms with Crippen molar-refractivity contribution in [3.63, 3.8) is 0 Å². The van der Waals surface area contributed by atoms with E-state index < -0.39 is 18.0 Å². The third kappa shape index (κ3) is 3.85. The maximum Gasteiger partial charge on any atom is 0.332 e. The van der Waals surface area contributed by atoms with E-state index in [0.29, 0.717) is 0 Å². The van der Waals surface area contributed by atoms with Crippen LogP contribution in [0.4, 0.5) is 0 Å². The summed E-state index contributed by atoms with van der Waals surface area (Å²) in [5, 5.41) is 24.6. The first-order valence-corrected chi connectivity index (χ1v) is 2.66. The molecule has 0 aliphatic carbocycles. The van der Waals surface area contributed by atoms with Crippen LogP contribution in [0.25, 0.3) is 0 Å². The van der Waals surface area contributed by atoms with Gasteiger partial charge in [-0.3, -0.25) is 4.79 Å². The fourth-order valence-corrected chi connectivity index (χ4v) is 0.384. The summed E-state index contributed by atoms with van der Waals surface area (Å²) in [4.78, 5) is 19.7. The van der Waals surface area contributed by atoms with Crippen molar-refractivity contribution in [3.8, 4) is 0 Å². The number of carboxylic acid groups (broad SMARTS) is 2. The van der Waals surface area contributed by atoms with Crippen LogP contribution in [-0.2, 0) is 9.59 Å². The Morgan fingerprint density at radius 3 is 2.10 bits per heavy atom. The van der Waals surface area contributed by atoms with Crippen molar-refractivity contribution in [3.05, 3.63) is 0 Å². The third-order valence-corrected chi connectivity index (χ3v) is 0.917. The average molecular weight is 153 g/mol. The molecule has 0 aliphatic heterocycles. The second-order valence-electron chi connectivity index (χ2n) is 1.79. The summed E-state index contributed by atoms with van der Waals surface area (Å²) in [5.74, 6) is -2.50. The molecule has 5 nitrogen and oxygen atoms in total. The first kappa shape index (κ1) is 8.90. The number of hydrogen-bond donors (Lipinski definition) is 3. The quantitative estimate of drug-likeness (QED) is 0.464. The molecule has 0 aliphatic rings. The molecule has 5 heteroatoms. The van der Waals surface area contributed by atoms with E-state index in [-0.39, 0.29) is 12.8 Å². The molecule has 0 aromatic rings. The van der Waals surface area contributed by atoms with E-state index in [1.165, 1.54) is 0 Å². The molecule has 0 fully saturated rings. The number of hydrogen-bond acceptors (Lipinski definition) is 3. The summed E-state index contributed by atoms with van der Waals surface area (Å²) in [6.07, 6.45) is -2.13. The second-order valence-corrected chi connectivity index (χ2v) is 1.79. The Balaban J connectivity index is 3.49. The van der Waals surface area contributed by atoms with Gasteiger partial charge in [0.25, 0.3) is 0 Å². The summed E-state index contributed by atoms with van der Waals surface area (Å²) in [7, 11) is 0. The van der Waals surface area contributed by atoms with Crippen molar-refractivity contribution in [2.45, 2.75) is 18.9 Å². The van der Waals surface area contributed by atoms with Crippen LogP contribution in [0, 0.1) is 0 Å². The van der Waals surface area contributed by atoms with Crippen LogP contribution < -0.4 is 0 Å². The zero-order chi connectivity index (χ0) is 8.15. The number of carbonyl (C=O) groups is 2. The number of carboxylic acids is 2. The Labute approximate surface area is 56.9 Å². The summed E-state index contributed by atoms with van der Waals surface area (Å²) in [6, 6.07) is 0. The summed E-state index contributed by atoms with van der Waals surface area (Å²) in [6.45, 7) is 0. The predicted molar refractivity (Wildman–Crippen MR) is 30.5 cm³/mol. The maximum absolute atomic E-state index is 9.87. The topological polar surface area (TPSA) is 94.8 Å². The van der Waals surface area contributed by atoms with E-state index in [4.69, 9.17) is 15.3 Å². The Morgan fingerprint density at radius 2 is 1.80 bits per heavy atom. The number of aliphatic carboxylic acids is 2. The van der Waals surface area contributed by atoms with Crippen molar-refractivity contribution < 1.29 is 24.9 Å². The van der Waals surface area contributed by atoms with Gasteiger partial charge >= 0.3 is 11.9 Å². The van der Waals surface area contributed by atoms with Crippen molar-refractivity contribution in [1.82, 2.24) is 0 Å². The van der Waals surface area contributed by atoms with Gasteiger partial charge in [0.05, 0.1) is 0 Å². The Morgan fingerprint density at radius 1 is 1.30 bits per heavy atom. The molecule has 58 valence electrons. The van der Waals surface area contributed by atoms with Gasteiger partial charge in [0.2, 0.25) is 0 Å². The minimum Gasteiger partial charge on any atom is -0.481 e. The zero-order valence-corrected chi connectivity index (χ0v) is 5.15. The summed E-state index contributed by atoms with van der Waals surface area (Å²) >= 11 is 0. The number of aliphatic hydroxyl groups is 1. The molecule has 0 saturated heterocycles. The van der Waals surface area contributed by atoms with Gasteiger partial charge in [0, 0.05) is 6.42 Å². The van der Waals surface area contributed by atoms with E-state index >= 15 is 0 Å². The van der Waals surface area contributed by atoms with Crippen LogP contribution >= 0.6 is 0 Å². The lowest BCUT2D eigenvalue weighted by atomic mass is 11.2. The fourth-order valence-electron chi connectivity index (χ4n) is 0.384. The summed E-state index contributed by atoms with van der Waals surface area (Å²) < 4.78 is 0. The van der Waals surface area contributed by atoms with Crippen molar-refractivity contribution in [2.75, 3.05) is 0 Å². The SMILES string of the molecule is O=[13C](O)[13CH2][13CH2][13C@H](O)[13C](=O)O. The molecule has 0 saturated carbocycles. The van der Waals surface area contributed by atoms with Crippen LogP contribution in [-0.4, -0.2) is 33.4 Å². The first-order valence-electron chi connectivity index (χ1n) is 2.66. The molecular weight excluding hydrogens is 145 g/mol. The van der Waals surface area contributed by atoms with Gasteiger partial charge < -0.3 is 15.3 Å². The zero-order valence-electron chi connectivity index (χ0n) is 5.15. The highest BCUT2D eigenvalue weighted by molar-refractivity contribution is 5.73. The molecule has 0 bridgehead atoms. The number of aliphatic hydroxyl groups excluding tert-OH is 1. The Bertz CT molecular complexity index is 141.